The Morgan fingerprint density at radius 3 is 2.77 bits per heavy atom. The Bertz CT molecular complexity index is 778. The summed E-state index contributed by atoms with van der Waals surface area (Å²) in [5, 5.41) is 0.721. The van der Waals surface area contributed by atoms with E-state index in [2.05, 4.69) is 37.6 Å². The lowest BCUT2D eigenvalue weighted by molar-refractivity contribution is 0.741. The third-order valence-corrected chi connectivity index (χ3v) is 4.07. The summed E-state index contributed by atoms with van der Waals surface area (Å²) in [7, 11) is 0. The topological polar surface area (TPSA) is 43.8 Å². The fraction of sp³-hybridized carbons (Fsp3) is 0.118. The summed E-state index contributed by atoms with van der Waals surface area (Å²) >= 11 is 9.58. The second kappa shape index (κ2) is 6.55. The van der Waals surface area contributed by atoms with Crippen LogP contribution in [0, 0.1) is 0 Å². The molecular formula is C17H15BrClN3. The quantitative estimate of drug-likeness (QED) is 0.680. The van der Waals surface area contributed by atoms with E-state index in [1.165, 1.54) is 0 Å². The van der Waals surface area contributed by atoms with Crippen LogP contribution in [0.1, 0.15) is 17.0 Å². The van der Waals surface area contributed by atoms with Gasteiger partial charge in [-0.25, -0.2) is 4.98 Å². The predicted octanol–water partition coefficient (Wildman–Crippen LogP) is 4.52. The smallest absolute Gasteiger partial charge is 0.113 e. The first-order valence-electron chi connectivity index (χ1n) is 6.89. The molecule has 22 heavy (non-hydrogen) atoms. The molecular weight excluding hydrogens is 362 g/mol. The molecule has 0 saturated carbocycles. The minimum Gasteiger partial charge on any atom is -0.399 e. The number of anilines is 1. The van der Waals surface area contributed by atoms with E-state index in [1.54, 1.807) is 0 Å². The highest BCUT2D eigenvalue weighted by atomic mass is 79.9. The van der Waals surface area contributed by atoms with Gasteiger partial charge >= 0.3 is 0 Å². The van der Waals surface area contributed by atoms with E-state index in [9.17, 15) is 0 Å². The minimum atomic E-state index is 0.721. The predicted molar refractivity (Wildman–Crippen MR) is 94.1 cm³/mol. The van der Waals surface area contributed by atoms with Crippen LogP contribution in [0.5, 0.6) is 0 Å². The molecule has 1 heterocycles. The highest BCUT2D eigenvalue weighted by Gasteiger charge is 2.07. The number of imidazole rings is 1. The van der Waals surface area contributed by atoms with E-state index in [0.29, 0.717) is 0 Å². The maximum atomic E-state index is 6.11. The fourth-order valence-corrected chi connectivity index (χ4v) is 3.37. The molecule has 0 saturated heterocycles. The maximum absolute atomic E-state index is 6.11. The van der Waals surface area contributed by atoms with E-state index in [1.807, 2.05) is 42.7 Å². The Labute approximate surface area is 142 Å². The van der Waals surface area contributed by atoms with Crippen LogP contribution in [0.2, 0.25) is 5.02 Å². The van der Waals surface area contributed by atoms with Crippen molar-refractivity contribution in [2.45, 2.75) is 13.0 Å². The average molecular weight is 377 g/mol. The molecule has 0 bridgehead atoms. The maximum Gasteiger partial charge on any atom is 0.113 e. The zero-order valence-corrected chi connectivity index (χ0v) is 14.2. The van der Waals surface area contributed by atoms with Crippen molar-refractivity contribution in [3.8, 4) is 0 Å². The lowest BCUT2D eigenvalue weighted by Crippen LogP contribution is -2.05. The molecule has 3 rings (SSSR count). The fourth-order valence-electron chi connectivity index (χ4n) is 2.43. The molecule has 0 aliphatic carbocycles. The standard InChI is InChI=1S/C17H15BrClN3/c18-14-6-13(7-15(19)10-14)9-17-21-4-5-22(17)11-12-2-1-3-16(20)8-12/h1-8,10H,9,11,20H2. The minimum absolute atomic E-state index is 0.721. The van der Waals surface area contributed by atoms with Crippen molar-refractivity contribution in [2.75, 3.05) is 5.73 Å². The van der Waals surface area contributed by atoms with Crippen LogP contribution < -0.4 is 5.73 Å². The molecule has 112 valence electrons. The second-order valence-corrected chi connectivity index (χ2v) is 6.52. The van der Waals surface area contributed by atoms with Gasteiger partial charge in [-0.2, -0.15) is 0 Å². The Balaban J connectivity index is 1.83. The molecule has 0 aliphatic rings. The summed E-state index contributed by atoms with van der Waals surface area (Å²) in [6, 6.07) is 13.8. The highest BCUT2D eigenvalue weighted by molar-refractivity contribution is 9.10. The van der Waals surface area contributed by atoms with E-state index in [4.69, 9.17) is 17.3 Å². The van der Waals surface area contributed by atoms with Crippen LogP contribution in [0.25, 0.3) is 0 Å². The van der Waals surface area contributed by atoms with Gasteiger partial charge in [0.2, 0.25) is 0 Å². The molecule has 1 aromatic heterocycles. The molecule has 3 aromatic rings. The summed E-state index contributed by atoms with van der Waals surface area (Å²) in [5.74, 6) is 0.997. The van der Waals surface area contributed by atoms with E-state index in [0.717, 1.165) is 45.1 Å². The Kier molecular flexibility index (Phi) is 4.50. The van der Waals surface area contributed by atoms with E-state index < -0.39 is 0 Å². The molecule has 0 radical (unpaired) electrons. The van der Waals surface area contributed by atoms with Crippen molar-refractivity contribution in [1.82, 2.24) is 9.55 Å². The van der Waals surface area contributed by atoms with Gasteiger partial charge in [0.05, 0.1) is 0 Å². The van der Waals surface area contributed by atoms with Crippen LogP contribution in [-0.2, 0) is 13.0 Å². The summed E-state index contributed by atoms with van der Waals surface area (Å²) in [4.78, 5) is 4.46. The van der Waals surface area contributed by atoms with Crippen LogP contribution >= 0.6 is 27.5 Å². The number of aromatic nitrogens is 2. The monoisotopic (exact) mass is 375 g/mol. The number of hydrogen-bond donors (Lipinski definition) is 1. The molecule has 0 fully saturated rings. The average Bonchev–Trinajstić information content (AvgIpc) is 2.85. The van der Waals surface area contributed by atoms with Gasteiger partial charge in [0.1, 0.15) is 5.82 Å². The number of rotatable bonds is 4. The SMILES string of the molecule is Nc1cccc(Cn2ccnc2Cc2cc(Cl)cc(Br)c2)c1. The zero-order chi connectivity index (χ0) is 15.5. The van der Waals surface area contributed by atoms with Crippen LogP contribution in [0.4, 0.5) is 5.69 Å². The summed E-state index contributed by atoms with van der Waals surface area (Å²) in [6.45, 7) is 0.752. The lowest BCUT2D eigenvalue weighted by Gasteiger charge is -2.09. The third kappa shape index (κ3) is 3.70. The van der Waals surface area contributed by atoms with Gasteiger partial charge in [-0.3, -0.25) is 0 Å². The number of benzene rings is 2. The van der Waals surface area contributed by atoms with Gasteiger partial charge < -0.3 is 10.3 Å². The van der Waals surface area contributed by atoms with Gasteiger partial charge in [-0.15, -0.1) is 0 Å². The Morgan fingerprint density at radius 2 is 2.00 bits per heavy atom. The van der Waals surface area contributed by atoms with Crippen LogP contribution in [-0.4, -0.2) is 9.55 Å². The molecule has 0 amide bonds. The molecule has 0 atom stereocenters. The molecule has 2 N–H and O–H groups in total. The van der Waals surface area contributed by atoms with Gasteiger partial charge in [0.15, 0.2) is 0 Å². The van der Waals surface area contributed by atoms with Crippen molar-refractivity contribution < 1.29 is 0 Å². The van der Waals surface area contributed by atoms with Gasteiger partial charge in [0.25, 0.3) is 0 Å². The molecule has 0 aliphatic heterocycles. The lowest BCUT2D eigenvalue weighted by atomic mass is 10.1. The second-order valence-electron chi connectivity index (χ2n) is 5.17. The largest absolute Gasteiger partial charge is 0.399 e. The van der Waals surface area contributed by atoms with Crippen molar-refractivity contribution in [3.05, 3.63) is 81.3 Å². The first-order chi connectivity index (χ1) is 10.6. The number of hydrogen-bond acceptors (Lipinski definition) is 2. The molecule has 0 spiro atoms. The zero-order valence-electron chi connectivity index (χ0n) is 11.8. The van der Waals surface area contributed by atoms with Crippen molar-refractivity contribution >= 4 is 33.2 Å². The first kappa shape index (κ1) is 15.1. The van der Waals surface area contributed by atoms with Crippen molar-refractivity contribution in [2.24, 2.45) is 0 Å². The summed E-state index contributed by atoms with van der Waals surface area (Å²) < 4.78 is 3.10. The normalized spacial score (nSPS) is 10.8. The first-order valence-corrected chi connectivity index (χ1v) is 8.06. The Hall–Kier alpha value is -1.78. The summed E-state index contributed by atoms with van der Waals surface area (Å²) in [5.41, 5.74) is 8.90. The summed E-state index contributed by atoms with van der Waals surface area (Å²) in [6.07, 6.45) is 4.54. The number of nitrogens with zero attached hydrogens (tertiary/aromatic N) is 2. The number of halogens is 2. The molecule has 5 heteroatoms. The molecule has 2 aromatic carbocycles. The molecule has 3 nitrogen and oxygen atoms in total. The van der Waals surface area contributed by atoms with Crippen LogP contribution in [0.3, 0.4) is 0 Å². The van der Waals surface area contributed by atoms with Gasteiger partial charge in [0, 0.05) is 40.5 Å². The van der Waals surface area contributed by atoms with Crippen molar-refractivity contribution in [1.29, 1.82) is 0 Å². The van der Waals surface area contributed by atoms with Gasteiger partial charge in [-0.05, 0) is 41.5 Å². The molecule has 0 unspecified atom stereocenters. The van der Waals surface area contributed by atoms with Crippen molar-refractivity contribution in [3.63, 3.8) is 0 Å². The van der Waals surface area contributed by atoms with Gasteiger partial charge in [-0.1, -0.05) is 39.7 Å². The van der Waals surface area contributed by atoms with E-state index >= 15 is 0 Å². The highest BCUT2D eigenvalue weighted by Crippen LogP contribution is 2.21. The third-order valence-electron chi connectivity index (χ3n) is 3.39. The number of nitrogens with two attached hydrogens (primary N) is 1. The van der Waals surface area contributed by atoms with Crippen LogP contribution in [0.15, 0.2) is 59.3 Å². The Morgan fingerprint density at radius 1 is 1.14 bits per heavy atom. The van der Waals surface area contributed by atoms with E-state index in [-0.39, 0.29) is 0 Å². The number of nitrogen functional groups attached to an aromatic ring is 1.